The molecule has 0 saturated heterocycles. The normalized spacial score (nSPS) is 11.4. The molecule has 1 atom stereocenters. The molecule has 0 aliphatic carbocycles. The molecule has 0 heterocycles. The maximum atomic E-state index is 11.9. The van der Waals surface area contributed by atoms with Crippen LogP contribution in [0.25, 0.3) is 0 Å². The number of rotatable bonds is 8. The lowest BCUT2D eigenvalue weighted by atomic mass is 10.1. The summed E-state index contributed by atoms with van der Waals surface area (Å²) in [5.74, 6) is -2.35. The molecule has 7 nitrogen and oxygen atoms in total. The van der Waals surface area contributed by atoms with Crippen molar-refractivity contribution in [2.45, 2.75) is 6.10 Å². The van der Waals surface area contributed by atoms with Crippen molar-refractivity contribution in [1.29, 1.82) is 0 Å². The highest BCUT2D eigenvalue weighted by atomic mass is 16.5. The van der Waals surface area contributed by atoms with Crippen LogP contribution in [0.5, 0.6) is 0 Å². The third kappa shape index (κ3) is 4.80. The lowest BCUT2D eigenvalue weighted by Crippen LogP contribution is -2.26. The maximum absolute atomic E-state index is 11.9. The molecule has 1 aromatic carbocycles. The van der Waals surface area contributed by atoms with Gasteiger partial charge >= 0.3 is 11.9 Å². The maximum Gasteiger partial charge on any atom is 0.339 e. The zero-order valence-electron chi connectivity index (χ0n) is 11.7. The summed E-state index contributed by atoms with van der Waals surface area (Å²) in [6, 6.07) is 5.76. The van der Waals surface area contributed by atoms with Gasteiger partial charge < -0.3 is 19.7 Å². The van der Waals surface area contributed by atoms with Crippen molar-refractivity contribution >= 4 is 17.7 Å². The standard InChI is InChI=1S/C15H16O7/c1-2-12(17)13(18)9-22-15(20)11-6-4-3-5-10(11)14(19)21-8-7-16/h2-6,13,16,18H,1,7-9H2. The predicted octanol–water partition coefficient (Wildman–Crippen LogP) is 0.108. The molecule has 0 spiro atoms. The van der Waals surface area contributed by atoms with Crippen LogP contribution in [0, 0.1) is 0 Å². The van der Waals surface area contributed by atoms with Gasteiger partial charge in [-0.15, -0.1) is 0 Å². The van der Waals surface area contributed by atoms with Crippen molar-refractivity contribution in [3.63, 3.8) is 0 Å². The van der Waals surface area contributed by atoms with Gasteiger partial charge in [0, 0.05) is 0 Å². The van der Waals surface area contributed by atoms with Crippen molar-refractivity contribution in [3.05, 3.63) is 48.0 Å². The van der Waals surface area contributed by atoms with E-state index in [2.05, 4.69) is 6.58 Å². The minimum Gasteiger partial charge on any atom is -0.460 e. The molecule has 0 aliphatic heterocycles. The fourth-order valence-corrected chi connectivity index (χ4v) is 1.51. The summed E-state index contributed by atoms with van der Waals surface area (Å²) in [6.45, 7) is 2.11. The first-order valence-electron chi connectivity index (χ1n) is 6.39. The summed E-state index contributed by atoms with van der Waals surface area (Å²) >= 11 is 0. The molecule has 1 rings (SSSR count). The van der Waals surface area contributed by atoms with Crippen molar-refractivity contribution in [3.8, 4) is 0 Å². The van der Waals surface area contributed by atoms with Crippen molar-refractivity contribution in [2.24, 2.45) is 0 Å². The molecule has 0 fully saturated rings. The lowest BCUT2D eigenvalue weighted by molar-refractivity contribution is -0.124. The number of carbonyl (C=O) groups is 3. The molecule has 0 aliphatic rings. The van der Waals surface area contributed by atoms with Crippen LogP contribution in [0.2, 0.25) is 0 Å². The molecular formula is C15H16O7. The number of aliphatic hydroxyl groups is 2. The monoisotopic (exact) mass is 308 g/mol. The van der Waals surface area contributed by atoms with E-state index in [0.29, 0.717) is 0 Å². The third-order valence-corrected chi connectivity index (χ3v) is 2.59. The van der Waals surface area contributed by atoms with E-state index < -0.39 is 30.4 Å². The van der Waals surface area contributed by atoms with Gasteiger partial charge in [-0.1, -0.05) is 18.7 Å². The minimum absolute atomic E-state index is 0.0366. The molecule has 0 radical (unpaired) electrons. The second-order valence-electron chi connectivity index (χ2n) is 4.13. The Balaban J connectivity index is 2.79. The number of benzene rings is 1. The Labute approximate surface area is 126 Å². The van der Waals surface area contributed by atoms with E-state index in [9.17, 15) is 19.5 Å². The Morgan fingerprint density at radius 3 is 2.18 bits per heavy atom. The molecule has 22 heavy (non-hydrogen) atoms. The van der Waals surface area contributed by atoms with Crippen LogP contribution in [-0.4, -0.2) is 53.9 Å². The second-order valence-corrected chi connectivity index (χ2v) is 4.13. The molecule has 0 amide bonds. The number of hydrogen-bond donors (Lipinski definition) is 2. The summed E-state index contributed by atoms with van der Waals surface area (Å²) < 4.78 is 9.53. The van der Waals surface area contributed by atoms with Crippen LogP contribution in [0.4, 0.5) is 0 Å². The van der Waals surface area contributed by atoms with E-state index in [1.807, 2.05) is 0 Å². The molecule has 0 aromatic heterocycles. The van der Waals surface area contributed by atoms with Crippen LogP contribution in [0.1, 0.15) is 20.7 Å². The van der Waals surface area contributed by atoms with Crippen LogP contribution >= 0.6 is 0 Å². The lowest BCUT2D eigenvalue weighted by Gasteiger charge is -2.11. The first-order chi connectivity index (χ1) is 10.5. The molecule has 1 unspecified atom stereocenters. The summed E-state index contributed by atoms with van der Waals surface area (Å²) in [5.41, 5.74) is -0.103. The van der Waals surface area contributed by atoms with E-state index >= 15 is 0 Å². The van der Waals surface area contributed by atoms with Gasteiger partial charge in [-0.25, -0.2) is 9.59 Å². The van der Waals surface area contributed by atoms with E-state index in [-0.39, 0.29) is 24.3 Å². The minimum atomic E-state index is -1.50. The highest BCUT2D eigenvalue weighted by Gasteiger charge is 2.21. The fraction of sp³-hybridized carbons (Fsp3) is 0.267. The zero-order valence-corrected chi connectivity index (χ0v) is 11.7. The number of hydrogen-bond acceptors (Lipinski definition) is 7. The van der Waals surface area contributed by atoms with E-state index in [1.54, 1.807) is 0 Å². The van der Waals surface area contributed by atoms with Gasteiger partial charge in [-0.2, -0.15) is 0 Å². The summed E-state index contributed by atoms with van der Waals surface area (Å²) in [6.07, 6.45) is -0.589. The average Bonchev–Trinajstić information content (AvgIpc) is 2.56. The Morgan fingerprint density at radius 1 is 1.14 bits per heavy atom. The molecule has 118 valence electrons. The van der Waals surface area contributed by atoms with Crippen molar-refractivity contribution in [1.82, 2.24) is 0 Å². The highest BCUT2D eigenvalue weighted by Crippen LogP contribution is 2.12. The smallest absolute Gasteiger partial charge is 0.339 e. The highest BCUT2D eigenvalue weighted by molar-refractivity contribution is 6.03. The zero-order chi connectivity index (χ0) is 16.5. The van der Waals surface area contributed by atoms with Crippen molar-refractivity contribution in [2.75, 3.05) is 19.8 Å². The topological polar surface area (TPSA) is 110 Å². The van der Waals surface area contributed by atoms with Crippen LogP contribution in [0.3, 0.4) is 0 Å². The Bertz CT molecular complexity index is 565. The van der Waals surface area contributed by atoms with Gasteiger partial charge in [0.05, 0.1) is 17.7 Å². The first-order valence-corrected chi connectivity index (χ1v) is 6.39. The first kappa shape index (κ1) is 17.5. The van der Waals surface area contributed by atoms with Gasteiger partial charge in [0.15, 0.2) is 11.9 Å². The molecule has 0 bridgehead atoms. The molecule has 7 heteroatoms. The Morgan fingerprint density at radius 2 is 1.68 bits per heavy atom. The quantitative estimate of drug-likeness (QED) is 0.518. The van der Waals surface area contributed by atoms with Gasteiger partial charge in [-0.3, -0.25) is 4.79 Å². The van der Waals surface area contributed by atoms with E-state index in [0.717, 1.165) is 6.08 Å². The number of aliphatic hydroxyl groups excluding tert-OH is 2. The molecule has 2 N–H and O–H groups in total. The third-order valence-electron chi connectivity index (χ3n) is 2.59. The average molecular weight is 308 g/mol. The van der Waals surface area contributed by atoms with Gasteiger partial charge in [0.2, 0.25) is 0 Å². The Kier molecular flexibility index (Phi) is 6.94. The molecular weight excluding hydrogens is 292 g/mol. The van der Waals surface area contributed by atoms with Crippen LogP contribution < -0.4 is 0 Å². The Hall–Kier alpha value is -2.51. The molecule has 0 saturated carbocycles. The van der Waals surface area contributed by atoms with Crippen LogP contribution in [-0.2, 0) is 14.3 Å². The number of carbonyl (C=O) groups excluding carboxylic acids is 3. The van der Waals surface area contributed by atoms with E-state index in [4.69, 9.17) is 14.6 Å². The summed E-state index contributed by atoms with van der Waals surface area (Å²) in [7, 11) is 0. The number of esters is 2. The summed E-state index contributed by atoms with van der Waals surface area (Å²) in [5, 5.41) is 18.0. The van der Waals surface area contributed by atoms with Crippen LogP contribution in [0.15, 0.2) is 36.9 Å². The largest absolute Gasteiger partial charge is 0.460 e. The molecule has 1 aromatic rings. The van der Waals surface area contributed by atoms with Gasteiger partial charge in [-0.05, 0) is 18.2 Å². The van der Waals surface area contributed by atoms with E-state index in [1.165, 1.54) is 24.3 Å². The second kappa shape index (κ2) is 8.71. The van der Waals surface area contributed by atoms with Gasteiger partial charge in [0.1, 0.15) is 13.2 Å². The number of ether oxygens (including phenoxy) is 2. The SMILES string of the molecule is C=CC(=O)C(O)COC(=O)c1ccccc1C(=O)OCCO. The van der Waals surface area contributed by atoms with Gasteiger partial charge in [0.25, 0.3) is 0 Å². The predicted molar refractivity (Wildman–Crippen MR) is 75.3 cm³/mol. The summed E-state index contributed by atoms with van der Waals surface area (Å²) in [4.78, 5) is 34.8. The van der Waals surface area contributed by atoms with Crippen molar-refractivity contribution < 1.29 is 34.1 Å². The number of ketones is 1. The fourth-order valence-electron chi connectivity index (χ4n) is 1.51.